The van der Waals surface area contributed by atoms with Crippen molar-refractivity contribution in [2.75, 3.05) is 0 Å². The predicted molar refractivity (Wildman–Crippen MR) is 74.5 cm³/mol. The van der Waals surface area contributed by atoms with Crippen LogP contribution in [0.4, 0.5) is 4.79 Å². The number of rotatable bonds is 2. The van der Waals surface area contributed by atoms with E-state index in [0.29, 0.717) is 12.2 Å². The Kier molecular flexibility index (Phi) is 3.39. The average molecular weight is 269 g/mol. The minimum atomic E-state index is -0.615. The Hall–Kier alpha value is -2.33. The second kappa shape index (κ2) is 5.35. The maximum Gasteiger partial charge on any atom is 0.413 e. The van der Waals surface area contributed by atoms with Gasteiger partial charge in [0.25, 0.3) is 0 Å². The predicted octanol–water partition coefficient (Wildman–Crippen LogP) is 2.43. The van der Waals surface area contributed by atoms with E-state index in [2.05, 4.69) is 5.32 Å². The van der Waals surface area contributed by atoms with Crippen molar-refractivity contribution < 1.29 is 14.6 Å². The normalized spacial score (nSPS) is 20.2. The molecule has 20 heavy (non-hydrogen) atoms. The number of amides is 1. The molecule has 0 spiro atoms. The number of para-hydroxylation sites is 1. The molecule has 3 rings (SSSR count). The zero-order chi connectivity index (χ0) is 13.9. The minimum Gasteiger partial charge on any atom is -0.410 e. The van der Waals surface area contributed by atoms with Crippen LogP contribution in [-0.2, 0) is 6.42 Å². The number of nitrogens with one attached hydrogen (secondary N) is 1. The smallest absolute Gasteiger partial charge is 0.410 e. The lowest BCUT2D eigenvalue weighted by atomic mass is 10.1. The van der Waals surface area contributed by atoms with Gasteiger partial charge in [0, 0.05) is 6.42 Å². The average Bonchev–Trinajstić information content (AvgIpc) is 2.76. The standard InChI is InChI=1S/C16H15NO3/c18-14-10-11-6-4-5-9-13(11)15(14)17-16(19)20-12-7-2-1-3-8-12/h1-9,14-15,18H,10H2,(H,17,19)/t14-,15-/m1/s1. The number of ether oxygens (including phenoxy) is 1. The van der Waals surface area contributed by atoms with Crippen molar-refractivity contribution in [2.24, 2.45) is 0 Å². The Bertz CT molecular complexity index is 612. The van der Waals surface area contributed by atoms with Crippen LogP contribution in [0.15, 0.2) is 54.6 Å². The number of carbonyl (C=O) groups is 1. The van der Waals surface area contributed by atoms with E-state index in [1.807, 2.05) is 30.3 Å². The molecular weight excluding hydrogens is 254 g/mol. The van der Waals surface area contributed by atoms with Crippen molar-refractivity contribution in [3.63, 3.8) is 0 Å². The summed E-state index contributed by atoms with van der Waals surface area (Å²) in [5.74, 6) is 0.478. The van der Waals surface area contributed by atoms with Gasteiger partial charge in [-0.1, -0.05) is 42.5 Å². The molecular formula is C16H15NO3. The molecule has 0 saturated heterocycles. The van der Waals surface area contributed by atoms with Gasteiger partial charge in [-0.2, -0.15) is 0 Å². The fourth-order valence-corrected chi connectivity index (χ4v) is 2.50. The summed E-state index contributed by atoms with van der Waals surface area (Å²) in [5, 5.41) is 12.8. The molecule has 1 amide bonds. The van der Waals surface area contributed by atoms with E-state index < -0.39 is 18.2 Å². The first-order chi connectivity index (χ1) is 9.74. The van der Waals surface area contributed by atoms with Crippen LogP contribution in [0.2, 0.25) is 0 Å². The molecule has 0 heterocycles. The molecule has 1 aliphatic carbocycles. The van der Waals surface area contributed by atoms with E-state index in [4.69, 9.17) is 4.74 Å². The summed E-state index contributed by atoms with van der Waals surface area (Å²) in [7, 11) is 0. The third-order valence-corrected chi connectivity index (χ3v) is 3.43. The lowest BCUT2D eigenvalue weighted by Gasteiger charge is -2.17. The van der Waals surface area contributed by atoms with Crippen LogP contribution in [0.5, 0.6) is 5.75 Å². The van der Waals surface area contributed by atoms with E-state index in [0.717, 1.165) is 11.1 Å². The SMILES string of the molecule is O=C(N[C@@H]1c2ccccc2C[C@H]1O)Oc1ccccc1. The van der Waals surface area contributed by atoms with Crippen LogP contribution in [0.25, 0.3) is 0 Å². The molecule has 4 heteroatoms. The minimum absolute atomic E-state index is 0.414. The molecule has 0 fully saturated rings. The van der Waals surface area contributed by atoms with Gasteiger partial charge in [-0.05, 0) is 23.3 Å². The van der Waals surface area contributed by atoms with Gasteiger partial charge in [0.2, 0.25) is 0 Å². The van der Waals surface area contributed by atoms with E-state index in [9.17, 15) is 9.90 Å². The Morgan fingerprint density at radius 3 is 2.60 bits per heavy atom. The molecule has 2 N–H and O–H groups in total. The van der Waals surface area contributed by atoms with E-state index in [1.165, 1.54) is 0 Å². The van der Waals surface area contributed by atoms with Gasteiger partial charge in [-0.25, -0.2) is 4.79 Å². The molecule has 0 saturated carbocycles. The number of aliphatic hydroxyl groups excluding tert-OH is 1. The fourth-order valence-electron chi connectivity index (χ4n) is 2.50. The Labute approximate surface area is 117 Å². The Morgan fingerprint density at radius 1 is 1.10 bits per heavy atom. The molecule has 2 atom stereocenters. The molecule has 0 unspecified atom stereocenters. The van der Waals surface area contributed by atoms with Gasteiger partial charge in [0.05, 0.1) is 12.1 Å². The Balaban J connectivity index is 1.70. The van der Waals surface area contributed by atoms with Gasteiger partial charge in [-0.15, -0.1) is 0 Å². The number of benzene rings is 2. The zero-order valence-electron chi connectivity index (χ0n) is 10.8. The van der Waals surface area contributed by atoms with Crippen molar-refractivity contribution in [2.45, 2.75) is 18.6 Å². The molecule has 4 nitrogen and oxygen atoms in total. The van der Waals surface area contributed by atoms with Crippen molar-refractivity contribution in [3.05, 3.63) is 65.7 Å². The molecule has 1 aliphatic rings. The van der Waals surface area contributed by atoms with Crippen molar-refractivity contribution in [3.8, 4) is 5.75 Å². The lowest BCUT2D eigenvalue weighted by Crippen LogP contribution is -2.35. The third-order valence-electron chi connectivity index (χ3n) is 3.43. The molecule has 0 radical (unpaired) electrons. The van der Waals surface area contributed by atoms with Crippen LogP contribution >= 0.6 is 0 Å². The highest BCUT2D eigenvalue weighted by Crippen LogP contribution is 2.31. The van der Waals surface area contributed by atoms with Crippen LogP contribution in [-0.4, -0.2) is 17.3 Å². The highest BCUT2D eigenvalue weighted by atomic mass is 16.6. The topological polar surface area (TPSA) is 58.6 Å². The van der Waals surface area contributed by atoms with Gasteiger partial charge in [0.1, 0.15) is 5.75 Å². The number of hydrogen-bond acceptors (Lipinski definition) is 3. The van der Waals surface area contributed by atoms with Crippen molar-refractivity contribution >= 4 is 6.09 Å². The van der Waals surface area contributed by atoms with Gasteiger partial charge in [0.15, 0.2) is 0 Å². The lowest BCUT2D eigenvalue weighted by molar-refractivity contribution is 0.133. The van der Waals surface area contributed by atoms with Gasteiger partial charge in [-0.3, -0.25) is 0 Å². The summed E-state index contributed by atoms with van der Waals surface area (Å²) in [5.41, 5.74) is 2.01. The number of hydrogen-bond donors (Lipinski definition) is 2. The first-order valence-corrected chi connectivity index (χ1v) is 6.53. The molecule has 102 valence electrons. The maximum absolute atomic E-state index is 11.9. The quantitative estimate of drug-likeness (QED) is 0.880. The monoisotopic (exact) mass is 269 g/mol. The van der Waals surface area contributed by atoms with E-state index >= 15 is 0 Å². The second-order valence-electron chi connectivity index (χ2n) is 4.79. The first-order valence-electron chi connectivity index (χ1n) is 6.53. The summed E-state index contributed by atoms with van der Waals surface area (Å²) in [4.78, 5) is 11.9. The fraction of sp³-hybridized carbons (Fsp3) is 0.188. The van der Waals surface area contributed by atoms with Crippen LogP contribution in [0.1, 0.15) is 17.2 Å². The summed E-state index contributed by atoms with van der Waals surface area (Å²) in [6.07, 6.45) is -0.625. The molecule has 2 aromatic rings. The van der Waals surface area contributed by atoms with Crippen molar-refractivity contribution in [1.29, 1.82) is 0 Å². The summed E-state index contributed by atoms with van der Waals surface area (Å²) < 4.78 is 5.18. The maximum atomic E-state index is 11.9. The first kappa shape index (κ1) is 12.7. The van der Waals surface area contributed by atoms with Gasteiger partial charge >= 0.3 is 6.09 Å². The third kappa shape index (κ3) is 2.51. The molecule has 2 aromatic carbocycles. The summed E-state index contributed by atoms with van der Waals surface area (Å²) in [6, 6.07) is 16.1. The van der Waals surface area contributed by atoms with Crippen LogP contribution in [0, 0.1) is 0 Å². The largest absolute Gasteiger partial charge is 0.413 e. The Morgan fingerprint density at radius 2 is 1.80 bits per heavy atom. The van der Waals surface area contributed by atoms with Crippen molar-refractivity contribution in [1.82, 2.24) is 5.32 Å². The van der Waals surface area contributed by atoms with Crippen LogP contribution < -0.4 is 10.1 Å². The molecule has 0 aliphatic heterocycles. The molecule has 0 aromatic heterocycles. The highest BCUT2D eigenvalue weighted by Gasteiger charge is 2.32. The number of aliphatic hydroxyl groups is 1. The number of carbonyl (C=O) groups excluding carboxylic acids is 1. The van der Waals surface area contributed by atoms with E-state index in [1.54, 1.807) is 24.3 Å². The highest BCUT2D eigenvalue weighted by molar-refractivity contribution is 5.71. The zero-order valence-corrected chi connectivity index (χ0v) is 10.8. The second-order valence-corrected chi connectivity index (χ2v) is 4.79. The summed E-state index contributed by atoms with van der Waals surface area (Å²) in [6.45, 7) is 0. The summed E-state index contributed by atoms with van der Waals surface area (Å²) >= 11 is 0. The van der Waals surface area contributed by atoms with Crippen LogP contribution in [0.3, 0.4) is 0 Å². The van der Waals surface area contributed by atoms with Gasteiger partial charge < -0.3 is 15.2 Å². The van der Waals surface area contributed by atoms with E-state index in [-0.39, 0.29) is 0 Å². The molecule has 0 bridgehead atoms. The number of fused-ring (bicyclic) bond motifs is 1.